The number of carbonyl (C=O) groups is 1. The van der Waals surface area contributed by atoms with Gasteiger partial charge in [0.05, 0.1) is 5.54 Å². The van der Waals surface area contributed by atoms with Crippen LogP contribution in [0.2, 0.25) is 0 Å². The molecule has 0 aromatic heterocycles. The van der Waals surface area contributed by atoms with Gasteiger partial charge in [-0.3, -0.25) is 4.79 Å². The van der Waals surface area contributed by atoms with Crippen LogP contribution < -0.4 is 11.1 Å². The number of rotatable bonds is 4. The second-order valence-electron chi connectivity index (χ2n) is 6.22. The van der Waals surface area contributed by atoms with Crippen LogP contribution in [0.25, 0.3) is 0 Å². The van der Waals surface area contributed by atoms with Gasteiger partial charge in [-0.15, -0.1) is 0 Å². The highest BCUT2D eigenvalue weighted by atomic mass is 16.2. The van der Waals surface area contributed by atoms with E-state index in [2.05, 4.69) is 12.2 Å². The number of amides is 1. The normalized spacial score (nSPS) is 27.2. The lowest BCUT2D eigenvalue weighted by Gasteiger charge is -2.31. The van der Waals surface area contributed by atoms with Gasteiger partial charge in [-0.1, -0.05) is 19.3 Å². The van der Waals surface area contributed by atoms with E-state index in [4.69, 9.17) is 5.73 Å². The van der Waals surface area contributed by atoms with Crippen LogP contribution in [0, 0.1) is 11.8 Å². The van der Waals surface area contributed by atoms with E-state index < -0.39 is 5.54 Å². The van der Waals surface area contributed by atoms with E-state index in [1.54, 1.807) is 0 Å². The number of nitrogens with two attached hydrogens (primary N) is 1. The van der Waals surface area contributed by atoms with Gasteiger partial charge in [-0.05, 0) is 51.4 Å². The lowest BCUT2D eigenvalue weighted by molar-refractivity contribution is -0.127. The van der Waals surface area contributed by atoms with Crippen molar-refractivity contribution >= 4 is 5.91 Å². The fourth-order valence-electron chi connectivity index (χ4n) is 2.98. The van der Waals surface area contributed by atoms with Crippen molar-refractivity contribution in [3.05, 3.63) is 0 Å². The fourth-order valence-corrected chi connectivity index (χ4v) is 2.98. The maximum atomic E-state index is 12.2. The molecule has 3 nitrogen and oxygen atoms in total. The molecule has 0 spiro atoms. The molecule has 2 saturated carbocycles. The summed E-state index contributed by atoms with van der Waals surface area (Å²) in [6.45, 7) is 4.02. The van der Waals surface area contributed by atoms with Crippen molar-refractivity contribution in [2.75, 3.05) is 0 Å². The summed E-state index contributed by atoms with van der Waals surface area (Å²) in [6, 6.07) is 0.282. The first-order chi connectivity index (χ1) is 8.01. The predicted molar refractivity (Wildman–Crippen MR) is 69.5 cm³/mol. The maximum Gasteiger partial charge on any atom is 0.240 e. The lowest BCUT2D eigenvalue weighted by Crippen LogP contribution is -2.56. The molecule has 3 heteroatoms. The van der Waals surface area contributed by atoms with E-state index >= 15 is 0 Å². The van der Waals surface area contributed by atoms with E-state index in [0.717, 1.165) is 12.8 Å². The Hall–Kier alpha value is -0.570. The van der Waals surface area contributed by atoms with Gasteiger partial charge in [0, 0.05) is 6.04 Å². The molecule has 1 amide bonds. The Morgan fingerprint density at radius 2 is 1.82 bits per heavy atom. The molecule has 0 aromatic carbocycles. The highest BCUT2D eigenvalue weighted by Gasteiger charge is 2.44. The molecule has 0 heterocycles. The zero-order chi connectivity index (χ0) is 12.5. The van der Waals surface area contributed by atoms with Crippen molar-refractivity contribution in [3.8, 4) is 0 Å². The Kier molecular flexibility index (Phi) is 3.76. The largest absolute Gasteiger partial charge is 0.352 e. The number of nitrogens with one attached hydrogen (secondary N) is 1. The second-order valence-corrected chi connectivity index (χ2v) is 6.22. The number of carbonyl (C=O) groups excluding carboxylic acids is 1. The van der Waals surface area contributed by atoms with Crippen LogP contribution in [0.4, 0.5) is 0 Å². The highest BCUT2D eigenvalue weighted by molar-refractivity contribution is 5.86. The predicted octanol–water partition coefficient (Wildman–Crippen LogP) is 2.20. The van der Waals surface area contributed by atoms with Crippen LogP contribution in [-0.2, 0) is 4.79 Å². The third-order valence-corrected chi connectivity index (χ3v) is 4.63. The summed E-state index contributed by atoms with van der Waals surface area (Å²) < 4.78 is 0. The van der Waals surface area contributed by atoms with Crippen LogP contribution in [0.5, 0.6) is 0 Å². The minimum atomic E-state index is -0.650. The molecule has 2 aliphatic rings. The molecule has 17 heavy (non-hydrogen) atoms. The second kappa shape index (κ2) is 4.97. The molecule has 2 fully saturated rings. The summed E-state index contributed by atoms with van der Waals surface area (Å²) in [5.74, 6) is 1.11. The molecular weight excluding hydrogens is 212 g/mol. The Bertz CT molecular complexity index is 278. The Labute approximate surface area is 105 Å². The molecule has 0 radical (unpaired) electrons. The number of hydrogen-bond acceptors (Lipinski definition) is 2. The molecule has 0 bridgehead atoms. The lowest BCUT2D eigenvalue weighted by atomic mass is 9.84. The highest BCUT2D eigenvalue weighted by Crippen LogP contribution is 2.38. The van der Waals surface area contributed by atoms with Gasteiger partial charge in [0.1, 0.15) is 0 Å². The molecule has 2 atom stereocenters. The molecule has 0 aliphatic heterocycles. The maximum absolute atomic E-state index is 12.2. The summed E-state index contributed by atoms with van der Waals surface area (Å²) in [7, 11) is 0. The third-order valence-electron chi connectivity index (χ3n) is 4.63. The standard InChI is InChI=1S/C14H26N2O/c1-10(11-6-4-3-5-7-11)16-13(17)14(2,15)12-8-9-12/h10-12H,3-9,15H2,1-2H3,(H,16,17)/t10-,14?/m1/s1. The van der Waals surface area contributed by atoms with Gasteiger partial charge < -0.3 is 11.1 Å². The molecule has 2 aliphatic carbocycles. The Morgan fingerprint density at radius 3 is 2.35 bits per heavy atom. The molecule has 0 saturated heterocycles. The van der Waals surface area contributed by atoms with Crippen LogP contribution in [-0.4, -0.2) is 17.5 Å². The molecule has 2 rings (SSSR count). The van der Waals surface area contributed by atoms with Gasteiger partial charge in [-0.2, -0.15) is 0 Å². The van der Waals surface area contributed by atoms with Crippen LogP contribution in [0.1, 0.15) is 58.8 Å². The van der Waals surface area contributed by atoms with Gasteiger partial charge in [0.15, 0.2) is 0 Å². The van der Waals surface area contributed by atoms with Crippen LogP contribution in [0.3, 0.4) is 0 Å². The van der Waals surface area contributed by atoms with Crippen LogP contribution >= 0.6 is 0 Å². The van der Waals surface area contributed by atoms with E-state index in [0.29, 0.717) is 11.8 Å². The van der Waals surface area contributed by atoms with Crippen molar-refractivity contribution in [1.29, 1.82) is 0 Å². The van der Waals surface area contributed by atoms with E-state index in [1.807, 2.05) is 6.92 Å². The van der Waals surface area contributed by atoms with Crippen molar-refractivity contribution in [2.45, 2.75) is 70.4 Å². The van der Waals surface area contributed by atoms with Crippen molar-refractivity contribution in [3.63, 3.8) is 0 Å². The van der Waals surface area contributed by atoms with E-state index in [-0.39, 0.29) is 11.9 Å². The topological polar surface area (TPSA) is 55.1 Å². The van der Waals surface area contributed by atoms with Crippen molar-refractivity contribution in [1.82, 2.24) is 5.32 Å². The summed E-state index contributed by atoms with van der Waals surface area (Å²) in [4.78, 5) is 12.2. The zero-order valence-corrected chi connectivity index (χ0v) is 11.2. The summed E-state index contributed by atoms with van der Waals surface area (Å²) >= 11 is 0. The van der Waals surface area contributed by atoms with Gasteiger partial charge in [0.25, 0.3) is 0 Å². The number of hydrogen-bond donors (Lipinski definition) is 2. The average molecular weight is 238 g/mol. The quantitative estimate of drug-likeness (QED) is 0.789. The molecule has 3 N–H and O–H groups in total. The Balaban J connectivity index is 1.84. The summed E-state index contributed by atoms with van der Waals surface area (Å²) in [6.07, 6.45) is 8.71. The first-order valence-electron chi connectivity index (χ1n) is 7.11. The average Bonchev–Trinajstić information content (AvgIpc) is 3.14. The smallest absolute Gasteiger partial charge is 0.240 e. The monoisotopic (exact) mass is 238 g/mol. The van der Waals surface area contributed by atoms with E-state index in [1.165, 1.54) is 32.1 Å². The van der Waals surface area contributed by atoms with Crippen molar-refractivity contribution in [2.24, 2.45) is 17.6 Å². The molecule has 0 aromatic rings. The van der Waals surface area contributed by atoms with Gasteiger partial charge >= 0.3 is 0 Å². The Morgan fingerprint density at radius 1 is 1.24 bits per heavy atom. The van der Waals surface area contributed by atoms with E-state index in [9.17, 15) is 4.79 Å². The molecular formula is C14H26N2O. The van der Waals surface area contributed by atoms with Crippen molar-refractivity contribution < 1.29 is 4.79 Å². The summed E-state index contributed by atoms with van der Waals surface area (Å²) in [5.41, 5.74) is 5.48. The first kappa shape index (κ1) is 12.9. The van der Waals surface area contributed by atoms with Gasteiger partial charge in [-0.25, -0.2) is 0 Å². The molecule has 1 unspecified atom stereocenters. The SMILES string of the molecule is C[C@@H](NC(=O)C(C)(N)C1CC1)C1CCCCC1. The first-order valence-corrected chi connectivity index (χ1v) is 7.11. The van der Waals surface area contributed by atoms with Crippen LogP contribution in [0.15, 0.2) is 0 Å². The minimum Gasteiger partial charge on any atom is -0.352 e. The third kappa shape index (κ3) is 3.01. The summed E-state index contributed by atoms with van der Waals surface area (Å²) in [5, 5.41) is 3.15. The minimum absolute atomic E-state index is 0.0538. The van der Waals surface area contributed by atoms with Gasteiger partial charge in [0.2, 0.25) is 5.91 Å². The zero-order valence-electron chi connectivity index (χ0n) is 11.2. The fraction of sp³-hybridized carbons (Fsp3) is 0.929. The molecule has 98 valence electrons.